The van der Waals surface area contributed by atoms with Crippen LogP contribution in [-0.4, -0.2) is 50.1 Å². The number of nitrogens with one attached hydrogen (secondary N) is 3. The molecule has 1 aromatic rings. The van der Waals surface area contributed by atoms with E-state index in [1.54, 1.807) is 12.1 Å². The number of benzene rings is 1. The maximum atomic E-state index is 11.9. The summed E-state index contributed by atoms with van der Waals surface area (Å²) in [4.78, 5) is 25.9. The summed E-state index contributed by atoms with van der Waals surface area (Å²) in [5, 5.41) is 8.22. The summed E-state index contributed by atoms with van der Waals surface area (Å²) in [5.74, 6) is 0.555. The molecule has 0 bridgehead atoms. The number of piperidine rings is 1. The van der Waals surface area contributed by atoms with Gasteiger partial charge >= 0.3 is 6.03 Å². The minimum absolute atomic E-state index is 0.235. The molecule has 0 unspecified atom stereocenters. The molecule has 3 amide bonds. The molecule has 0 radical (unpaired) electrons. The van der Waals surface area contributed by atoms with Gasteiger partial charge in [-0.2, -0.15) is 0 Å². The van der Waals surface area contributed by atoms with Gasteiger partial charge in [0.2, 0.25) is 5.91 Å². The van der Waals surface area contributed by atoms with Crippen LogP contribution in [-0.2, 0) is 4.79 Å². The minimum atomic E-state index is -0.475. The van der Waals surface area contributed by atoms with Gasteiger partial charge in [-0.3, -0.25) is 10.1 Å². The van der Waals surface area contributed by atoms with E-state index in [1.807, 2.05) is 25.2 Å². The van der Waals surface area contributed by atoms with E-state index in [0.29, 0.717) is 18.7 Å². The molecule has 0 saturated carbocycles. The molecule has 0 atom stereocenters. The smallest absolute Gasteiger partial charge is 0.320 e. The molecule has 1 fully saturated rings. The summed E-state index contributed by atoms with van der Waals surface area (Å²) >= 11 is 0. The lowest BCUT2D eigenvalue weighted by Gasteiger charge is -2.31. The van der Waals surface area contributed by atoms with Crippen molar-refractivity contribution in [3.8, 4) is 0 Å². The van der Waals surface area contributed by atoms with Gasteiger partial charge in [0.1, 0.15) is 0 Å². The summed E-state index contributed by atoms with van der Waals surface area (Å²) in [6, 6.07) is 8.62. The number of hydrogen-bond donors (Lipinski definition) is 3. The van der Waals surface area contributed by atoms with Crippen LogP contribution < -0.4 is 16.0 Å². The van der Waals surface area contributed by atoms with Crippen molar-refractivity contribution in [2.75, 3.05) is 38.5 Å². The van der Waals surface area contributed by atoms with Crippen LogP contribution in [0.5, 0.6) is 0 Å². The average Bonchev–Trinajstić information content (AvgIpc) is 2.60. The van der Waals surface area contributed by atoms with Gasteiger partial charge in [0.15, 0.2) is 0 Å². The lowest BCUT2D eigenvalue weighted by molar-refractivity contribution is -0.120. The Kier molecular flexibility index (Phi) is 7.71. The van der Waals surface area contributed by atoms with Crippen LogP contribution >= 0.6 is 0 Å². The Morgan fingerprint density at radius 3 is 2.54 bits per heavy atom. The second-order valence-corrected chi connectivity index (χ2v) is 6.30. The van der Waals surface area contributed by atoms with Crippen molar-refractivity contribution in [3.05, 3.63) is 30.3 Å². The maximum absolute atomic E-state index is 11.9. The van der Waals surface area contributed by atoms with Gasteiger partial charge < -0.3 is 15.5 Å². The number of para-hydroxylation sites is 1. The predicted octanol–water partition coefficient (Wildman–Crippen LogP) is 2.05. The molecule has 1 saturated heterocycles. The molecule has 2 rings (SSSR count). The monoisotopic (exact) mass is 332 g/mol. The first-order valence-electron chi connectivity index (χ1n) is 8.70. The van der Waals surface area contributed by atoms with Crippen molar-refractivity contribution in [1.29, 1.82) is 0 Å². The van der Waals surface area contributed by atoms with Gasteiger partial charge in [-0.25, -0.2) is 4.79 Å². The van der Waals surface area contributed by atoms with Crippen LogP contribution in [0.15, 0.2) is 30.3 Å². The van der Waals surface area contributed by atoms with E-state index in [0.717, 1.165) is 25.6 Å². The molecule has 1 aliphatic heterocycles. The fourth-order valence-electron chi connectivity index (χ4n) is 2.98. The largest absolute Gasteiger partial charge is 0.325 e. The van der Waals surface area contributed by atoms with E-state index < -0.39 is 6.03 Å². The standard InChI is InChI=1S/C18H28N4O2/c1-19-11-7-15-8-12-22(13-9-15)14-10-17(23)21-18(24)20-16-5-3-2-4-6-16/h2-6,15,19H,7-14H2,1H3,(H2,20,21,23,24). The van der Waals surface area contributed by atoms with E-state index in [2.05, 4.69) is 20.9 Å². The molecular weight excluding hydrogens is 304 g/mol. The van der Waals surface area contributed by atoms with Crippen LogP contribution in [0.2, 0.25) is 0 Å². The minimum Gasteiger partial charge on any atom is -0.320 e. The quantitative estimate of drug-likeness (QED) is 0.714. The Labute approximate surface area is 144 Å². The van der Waals surface area contributed by atoms with Crippen LogP contribution in [0.1, 0.15) is 25.7 Å². The summed E-state index contributed by atoms with van der Waals surface area (Å²) < 4.78 is 0. The maximum Gasteiger partial charge on any atom is 0.325 e. The first kappa shape index (κ1) is 18.4. The van der Waals surface area contributed by atoms with E-state index in [-0.39, 0.29) is 5.91 Å². The summed E-state index contributed by atoms with van der Waals surface area (Å²) in [6.45, 7) is 3.86. The Morgan fingerprint density at radius 2 is 1.88 bits per heavy atom. The summed E-state index contributed by atoms with van der Waals surface area (Å²) in [7, 11) is 1.99. The molecule has 0 aromatic heterocycles. The number of carbonyl (C=O) groups excluding carboxylic acids is 2. The van der Waals surface area contributed by atoms with Gasteiger partial charge in [-0.05, 0) is 64.0 Å². The van der Waals surface area contributed by atoms with Gasteiger partial charge in [0, 0.05) is 18.7 Å². The first-order chi connectivity index (χ1) is 11.7. The molecular formula is C18H28N4O2. The number of imide groups is 1. The normalized spacial score (nSPS) is 15.9. The highest BCUT2D eigenvalue weighted by atomic mass is 16.2. The molecule has 24 heavy (non-hydrogen) atoms. The topological polar surface area (TPSA) is 73.5 Å². The Hall–Kier alpha value is -1.92. The molecule has 1 aromatic carbocycles. The summed E-state index contributed by atoms with van der Waals surface area (Å²) in [5.41, 5.74) is 0.673. The molecule has 0 aliphatic carbocycles. The van der Waals surface area contributed by atoms with Gasteiger partial charge in [-0.1, -0.05) is 18.2 Å². The van der Waals surface area contributed by atoms with Crippen molar-refractivity contribution in [2.45, 2.75) is 25.7 Å². The third-order valence-electron chi connectivity index (χ3n) is 4.45. The lowest BCUT2D eigenvalue weighted by Crippen LogP contribution is -2.39. The lowest BCUT2D eigenvalue weighted by atomic mass is 9.93. The number of rotatable bonds is 7. The van der Waals surface area contributed by atoms with Crippen molar-refractivity contribution in [2.24, 2.45) is 5.92 Å². The van der Waals surface area contributed by atoms with Crippen molar-refractivity contribution >= 4 is 17.6 Å². The number of urea groups is 1. The van der Waals surface area contributed by atoms with Crippen LogP contribution in [0, 0.1) is 5.92 Å². The summed E-state index contributed by atoms with van der Waals surface area (Å²) in [6.07, 6.45) is 3.96. The van der Waals surface area contributed by atoms with E-state index in [1.165, 1.54) is 19.3 Å². The first-order valence-corrected chi connectivity index (χ1v) is 8.70. The third-order valence-corrected chi connectivity index (χ3v) is 4.45. The zero-order valence-electron chi connectivity index (χ0n) is 14.4. The SMILES string of the molecule is CNCCC1CCN(CCC(=O)NC(=O)Nc2ccccc2)CC1. The second kappa shape index (κ2) is 10.1. The molecule has 6 nitrogen and oxygen atoms in total. The fraction of sp³-hybridized carbons (Fsp3) is 0.556. The third kappa shape index (κ3) is 6.68. The Morgan fingerprint density at radius 1 is 1.17 bits per heavy atom. The molecule has 6 heteroatoms. The molecule has 132 valence electrons. The van der Waals surface area contributed by atoms with Crippen LogP contribution in [0.25, 0.3) is 0 Å². The Bertz CT molecular complexity index is 513. The van der Waals surface area contributed by atoms with Crippen molar-refractivity contribution < 1.29 is 9.59 Å². The molecule has 3 N–H and O–H groups in total. The van der Waals surface area contributed by atoms with Crippen LogP contribution in [0.4, 0.5) is 10.5 Å². The second-order valence-electron chi connectivity index (χ2n) is 6.30. The highest BCUT2D eigenvalue weighted by Gasteiger charge is 2.19. The number of hydrogen-bond acceptors (Lipinski definition) is 4. The van der Waals surface area contributed by atoms with E-state index in [4.69, 9.17) is 0 Å². The zero-order valence-corrected chi connectivity index (χ0v) is 14.4. The molecule has 1 aliphatic rings. The zero-order chi connectivity index (χ0) is 17.2. The average molecular weight is 332 g/mol. The highest BCUT2D eigenvalue weighted by Crippen LogP contribution is 2.19. The molecule has 1 heterocycles. The predicted molar refractivity (Wildman–Crippen MR) is 95.9 cm³/mol. The highest BCUT2D eigenvalue weighted by molar-refractivity contribution is 6.01. The van der Waals surface area contributed by atoms with E-state index >= 15 is 0 Å². The molecule has 0 spiro atoms. The van der Waals surface area contributed by atoms with Crippen molar-refractivity contribution in [1.82, 2.24) is 15.5 Å². The van der Waals surface area contributed by atoms with Gasteiger partial charge in [0.05, 0.1) is 0 Å². The Balaban J connectivity index is 1.60. The van der Waals surface area contributed by atoms with Crippen molar-refractivity contribution in [3.63, 3.8) is 0 Å². The van der Waals surface area contributed by atoms with Crippen LogP contribution in [0.3, 0.4) is 0 Å². The van der Waals surface area contributed by atoms with Gasteiger partial charge in [0.25, 0.3) is 0 Å². The fourth-order valence-corrected chi connectivity index (χ4v) is 2.98. The number of carbonyl (C=O) groups is 2. The number of likely N-dealkylation sites (tertiary alicyclic amines) is 1. The number of amides is 3. The van der Waals surface area contributed by atoms with E-state index in [9.17, 15) is 9.59 Å². The number of anilines is 1. The van der Waals surface area contributed by atoms with Gasteiger partial charge in [-0.15, -0.1) is 0 Å². The number of nitrogens with zero attached hydrogens (tertiary/aromatic N) is 1.